The first-order valence-corrected chi connectivity index (χ1v) is 6.64. The van der Waals surface area contributed by atoms with E-state index in [0.29, 0.717) is 0 Å². The van der Waals surface area contributed by atoms with Crippen LogP contribution in [0.3, 0.4) is 0 Å². The molecular formula is C18H18O2. The fraction of sp³-hybridized carbons (Fsp3) is 0.167. The largest absolute Gasteiger partial charge is 0.389 e. The second-order valence-corrected chi connectivity index (χ2v) is 4.86. The van der Waals surface area contributed by atoms with E-state index < -0.39 is 6.10 Å². The number of carbonyl (C=O) groups excluding carboxylic acids is 1. The van der Waals surface area contributed by atoms with E-state index in [0.717, 1.165) is 22.3 Å². The zero-order valence-electron chi connectivity index (χ0n) is 11.7. The monoisotopic (exact) mass is 266 g/mol. The van der Waals surface area contributed by atoms with Crippen LogP contribution in [0.2, 0.25) is 0 Å². The summed E-state index contributed by atoms with van der Waals surface area (Å²) in [6, 6.07) is 15.7. The highest BCUT2D eigenvalue weighted by molar-refractivity contribution is 5.94. The zero-order chi connectivity index (χ0) is 14.5. The molecule has 2 aromatic carbocycles. The molecule has 0 aliphatic rings. The Hall–Kier alpha value is -2.19. The lowest BCUT2D eigenvalue weighted by molar-refractivity contribution is 0.101. The quantitative estimate of drug-likeness (QED) is 0.851. The maximum absolute atomic E-state index is 11.2. The van der Waals surface area contributed by atoms with E-state index in [9.17, 15) is 9.90 Å². The first-order valence-electron chi connectivity index (χ1n) is 6.64. The normalized spacial score (nSPS) is 12.6. The lowest BCUT2D eigenvalue weighted by Gasteiger charge is -2.04. The van der Waals surface area contributed by atoms with Gasteiger partial charge in [0.1, 0.15) is 0 Å². The molecule has 0 saturated heterocycles. The van der Waals surface area contributed by atoms with Crippen LogP contribution in [0.1, 0.15) is 29.8 Å². The Kier molecular flexibility index (Phi) is 4.49. The Bertz CT molecular complexity index is 605. The van der Waals surface area contributed by atoms with E-state index in [4.69, 9.17) is 0 Å². The predicted molar refractivity (Wildman–Crippen MR) is 82.6 cm³/mol. The van der Waals surface area contributed by atoms with E-state index in [1.807, 2.05) is 54.6 Å². The Labute approximate surface area is 119 Å². The summed E-state index contributed by atoms with van der Waals surface area (Å²) >= 11 is 0. The second kappa shape index (κ2) is 6.31. The predicted octanol–water partition coefficient (Wildman–Crippen LogP) is 3.95. The minimum atomic E-state index is -0.436. The average molecular weight is 266 g/mol. The van der Waals surface area contributed by atoms with Crippen molar-refractivity contribution in [3.63, 3.8) is 0 Å². The maximum atomic E-state index is 11.2. The summed E-state index contributed by atoms with van der Waals surface area (Å²) in [5.74, 6) is 0.0789. The number of carbonyl (C=O) groups is 1. The van der Waals surface area contributed by atoms with Crippen LogP contribution in [-0.2, 0) is 0 Å². The maximum Gasteiger partial charge on any atom is 0.159 e. The SMILES string of the molecule is CC(=O)c1ccc(-c2ccc(C=CC(C)O)cc2)cc1. The van der Waals surface area contributed by atoms with Crippen molar-refractivity contribution in [3.8, 4) is 11.1 Å². The number of aliphatic hydroxyl groups is 1. The highest BCUT2D eigenvalue weighted by Crippen LogP contribution is 2.21. The van der Waals surface area contributed by atoms with Gasteiger partial charge in [0.2, 0.25) is 0 Å². The Morgan fingerprint density at radius 3 is 1.95 bits per heavy atom. The number of hydrogen-bond acceptors (Lipinski definition) is 2. The first-order chi connectivity index (χ1) is 9.56. The van der Waals surface area contributed by atoms with Crippen molar-refractivity contribution in [2.24, 2.45) is 0 Å². The average Bonchev–Trinajstić information content (AvgIpc) is 2.46. The minimum Gasteiger partial charge on any atom is -0.389 e. The summed E-state index contributed by atoms with van der Waals surface area (Å²) in [7, 11) is 0. The summed E-state index contributed by atoms with van der Waals surface area (Å²) in [4.78, 5) is 11.2. The molecule has 2 rings (SSSR count). The zero-order valence-corrected chi connectivity index (χ0v) is 11.7. The lowest BCUT2D eigenvalue weighted by atomic mass is 10.0. The standard InChI is InChI=1S/C18H18O2/c1-13(19)3-4-15-5-7-17(8-6-15)18-11-9-16(10-12-18)14(2)20/h3-13,19H,1-2H3. The molecule has 0 spiro atoms. The van der Waals surface area contributed by atoms with Crippen molar-refractivity contribution >= 4 is 11.9 Å². The third kappa shape index (κ3) is 3.65. The van der Waals surface area contributed by atoms with Gasteiger partial charge in [0, 0.05) is 5.56 Å². The van der Waals surface area contributed by atoms with Crippen molar-refractivity contribution in [1.82, 2.24) is 0 Å². The van der Waals surface area contributed by atoms with Gasteiger partial charge in [-0.1, -0.05) is 60.7 Å². The lowest BCUT2D eigenvalue weighted by Crippen LogP contribution is -1.91. The molecular weight excluding hydrogens is 248 g/mol. The molecule has 2 nitrogen and oxygen atoms in total. The summed E-state index contributed by atoms with van der Waals surface area (Å²) in [6.45, 7) is 3.29. The second-order valence-electron chi connectivity index (χ2n) is 4.86. The summed E-state index contributed by atoms with van der Waals surface area (Å²) in [5.41, 5.74) is 3.97. The van der Waals surface area contributed by atoms with E-state index in [1.165, 1.54) is 0 Å². The number of hydrogen-bond donors (Lipinski definition) is 1. The van der Waals surface area contributed by atoms with Crippen LogP contribution in [0.15, 0.2) is 54.6 Å². The van der Waals surface area contributed by atoms with Crippen molar-refractivity contribution in [1.29, 1.82) is 0 Å². The Morgan fingerprint density at radius 1 is 1.00 bits per heavy atom. The van der Waals surface area contributed by atoms with E-state index in [-0.39, 0.29) is 5.78 Å². The van der Waals surface area contributed by atoms with Crippen molar-refractivity contribution < 1.29 is 9.90 Å². The highest BCUT2D eigenvalue weighted by atomic mass is 16.3. The fourth-order valence-corrected chi connectivity index (χ4v) is 1.93. The number of Topliss-reactive ketones (excluding diaryl/α,β-unsaturated/α-hetero) is 1. The molecule has 1 unspecified atom stereocenters. The fourth-order valence-electron chi connectivity index (χ4n) is 1.93. The first kappa shape index (κ1) is 14.2. The van der Waals surface area contributed by atoms with Gasteiger partial charge in [-0.25, -0.2) is 0 Å². The van der Waals surface area contributed by atoms with Crippen molar-refractivity contribution in [2.45, 2.75) is 20.0 Å². The van der Waals surface area contributed by atoms with E-state index >= 15 is 0 Å². The van der Waals surface area contributed by atoms with Gasteiger partial charge in [-0.15, -0.1) is 0 Å². The van der Waals surface area contributed by atoms with Crippen LogP contribution < -0.4 is 0 Å². The van der Waals surface area contributed by atoms with Gasteiger partial charge in [-0.3, -0.25) is 4.79 Å². The summed E-state index contributed by atoms with van der Waals surface area (Å²) < 4.78 is 0. The molecule has 0 radical (unpaired) electrons. The number of ketones is 1. The van der Waals surface area contributed by atoms with Crippen LogP contribution >= 0.6 is 0 Å². The summed E-state index contributed by atoms with van der Waals surface area (Å²) in [6.07, 6.45) is 3.21. The molecule has 0 amide bonds. The van der Waals surface area contributed by atoms with Gasteiger partial charge in [0.25, 0.3) is 0 Å². The number of benzene rings is 2. The molecule has 2 heteroatoms. The van der Waals surface area contributed by atoms with E-state index in [1.54, 1.807) is 19.9 Å². The smallest absolute Gasteiger partial charge is 0.159 e. The molecule has 0 saturated carbocycles. The van der Waals surface area contributed by atoms with Gasteiger partial charge in [0.05, 0.1) is 6.10 Å². The molecule has 2 aromatic rings. The molecule has 0 fully saturated rings. The van der Waals surface area contributed by atoms with Crippen LogP contribution in [0, 0.1) is 0 Å². The number of rotatable bonds is 4. The molecule has 0 aliphatic carbocycles. The molecule has 0 heterocycles. The summed E-state index contributed by atoms with van der Waals surface area (Å²) in [5, 5.41) is 9.20. The van der Waals surface area contributed by atoms with Gasteiger partial charge in [0.15, 0.2) is 5.78 Å². The third-order valence-corrected chi connectivity index (χ3v) is 3.10. The minimum absolute atomic E-state index is 0.0789. The molecule has 20 heavy (non-hydrogen) atoms. The Morgan fingerprint density at radius 2 is 1.50 bits per heavy atom. The van der Waals surface area contributed by atoms with Crippen LogP contribution in [0.25, 0.3) is 17.2 Å². The number of aliphatic hydroxyl groups excluding tert-OH is 1. The Balaban J connectivity index is 2.19. The topological polar surface area (TPSA) is 37.3 Å². The third-order valence-electron chi connectivity index (χ3n) is 3.10. The van der Waals surface area contributed by atoms with Crippen LogP contribution in [0.5, 0.6) is 0 Å². The molecule has 0 bridgehead atoms. The molecule has 1 N–H and O–H groups in total. The molecule has 102 valence electrons. The van der Waals surface area contributed by atoms with Gasteiger partial charge >= 0.3 is 0 Å². The van der Waals surface area contributed by atoms with Crippen LogP contribution in [0.4, 0.5) is 0 Å². The molecule has 1 atom stereocenters. The molecule has 0 aliphatic heterocycles. The van der Waals surface area contributed by atoms with Gasteiger partial charge < -0.3 is 5.11 Å². The van der Waals surface area contributed by atoms with Crippen molar-refractivity contribution in [2.75, 3.05) is 0 Å². The molecule has 0 aromatic heterocycles. The van der Waals surface area contributed by atoms with E-state index in [2.05, 4.69) is 0 Å². The van der Waals surface area contributed by atoms with Crippen molar-refractivity contribution in [3.05, 3.63) is 65.7 Å². The highest BCUT2D eigenvalue weighted by Gasteiger charge is 2.01. The van der Waals surface area contributed by atoms with Crippen LogP contribution in [-0.4, -0.2) is 17.0 Å². The van der Waals surface area contributed by atoms with Gasteiger partial charge in [-0.05, 0) is 30.5 Å². The van der Waals surface area contributed by atoms with Gasteiger partial charge in [-0.2, -0.15) is 0 Å².